The van der Waals surface area contributed by atoms with E-state index in [1.165, 1.54) is 7.11 Å². The topological polar surface area (TPSA) is 77.4 Å². The maximum Gasteiger partial charge on any atom is 0.186 e. The van der Waals surface area contributed by atoms with E-state index in [-0.39, 0.29) is 19.8 Å². The number of rotatable bonds is 8. The molecule has 6 heteroatoms. The molecule has 5 atom stereocenters. The van der Waals surface area contributed by atoms with Crippen molar-refractivity contribution < 1.29 is 29.2 Å². The Labute approximate surface area is 113 Å². The molecule has 0 spiro atoms. The fourth-order valence-electron chi connectivity index (χ4n) is 1.97. The molecule has 6 nitrogen and oxygen atoms in total. The Bertz CT molecular complexity index is 256. The van der Waals surface area contributed by atoms with Gasteiger partial charge >= 0.3 is 0 Å². The molecule has 1 heterocycles. The third kappa shape index (κ3) is 4.10. The fraction of sp³-hybridized carbons (Fsp3) is 0.692. The van der Waals surface area contributed by atoms with Crippen LogP contribution in [0.5, 0.6) is 0 Å². The summed E-state index contributed by atoms with van der Waals surface area (Å²) in [7, 11) is 1.45. The van der Waals surface area contributed by atoms with Crippen LogP contribution in [-0.2, 0) is 18.9 Å². The maximum atomic E-state index is 10.3. The van der Waals surface area contributed by atoms with Crippen molar-refractivity contribution >= 4 is 0 Å². The second-order valence-corrected chi connectivity index (χ2v) is 4.13. The van der Waals surface area contributed by atoms with Gasteiger partial charge < -0.3 is 29.2 Å². The van der Waals surface area contributed by atoms with E-state index in [4.69, 9.17) is 18.9 Å². The van der Waals surface area contributed by atoms with Gasteiger partial charge in [-0.25, -0.2) is 0 Å². The zero-order valence-corrected chi connectivity index (χ0v) is 11.1. The molecule has 2 N–H and O–H groups in total. The smallest absolute Gasteiger partial charge is 0.186 e. The van der Waals surface area contributed by atoms with Gasteiger partial charge in [-0.05, 0) is 0 Å². The van der Waals surface area contributed by atoms with Crippen LogP contribution in [0.25, 0.3) is 0 Å². The monoisotopic (exact) mass is 274 g/mol. The molecule has 0 aromatic carbocycles. The molecule has 3 unspecified atom stereocenters. The summed E-state index contributed by atoms with van der Waals surface area (Å²) < 4.78 is 21.5. The van der Waals surface area contributed by atoms with E-state index in [0.29, 0.717) is 0 Å². The number of hydrogen-bond donors (Lipinski definition) is 2. The van der Waals surface area contributed by atoms with Gasteiger partial charge in [0, 0.05) is 7.11 Å². The highest BCUT2D eigenvalue weighted by molar-refractivity contribution is 4.92. The summed E-state index contributed by atoms with van der Waals surface area (Å²) in [5.41, 5.74) is 0. The average Bonchev–Trinajstić information content (AvgIpc) is 2.44. The van der Waals surface area contributed by atoms with Crippen molar-refractivity contribution in [3.05, 3.63) is 25.3 Å². The Morgan fingerprint density at radius 2 is 1.74 bits per heavy atom. The van der Waals surface area contributed by atoms with Gasteiger partial charge in [0.05, 0.1) is 19.8 Å². The predicted octanol–water partition coefficient (Wildman–Crippen LogP) is -0.147. The van der Waals surface area contributed by atoms with Crippen LogP contribution in [-0.4, -0.2) is 67.8 Å². The van der Waals surface area contributed by atoms with Gasteiger partial charge in [-0.3, -0.25) is 0 Å². The Morgan fingerprint density at radius 1 is 1.16 bits per heavy atom. The van der Waals surface area contributed by atoms with Crippen molar-refractivity contribution in [2.24, 2.45) is 0 Å². The number of ether oxygens (including phenoxy) is 4. The molecule has 0 saturated carbocycles. The van der Waals surface area contributed by atoms with E-state index >= 15 is 0 Å². The van der Waals surface area contributed by atoms with Gasteiger partial charge in [0.15, 0.2) is 6.29 Å². The highest BCUT2D eigenvalue weighted by atomic mass is 16.7. The quantitative estimate of drug-likeness (QED) is 0.600. The van der Waals surface area contributed by atoms with Crippen molar-refractivity contribution in [3.63, 3.8) is 0 Å². The highest BCUT2D eigenvalue weighted by Gasteiger charge is 2.46. The van der Waals surface area contributed by atoms with Gasteiger partial charge in [-0.1, -0.05) is 12.2 Å². The first kappa shape index (κ1) is 16.3. The molecule has 0 aliphatic carbocycles. The summed E-state index contributed by atoms with van der Waals surface area (Å²) in [5, 5.41) is 19.6. The summed E-state index contributed by atoms with van der Waals surface area (Å²) in [5.74, 6) is 0. The van der Waals surface area contributed by atoms with Crippen LogP contribution >= 0.6 is 0 Å². The van der Waals surface area contributed by atoms with Gasteiger partial charge in [-0.15, -0.1) is 13.2 Å². The summed E-state index contributed by atoms with van der Waals surface area (Å²) >= 11 is 0. The van der Waals surface area contributed by atoms with Crippen molar-refractivity contribution in [3.8, 4) is 0 Å². The van der Waals surface area contributed by atoms with Crippen LogP contribution in [0.4, 0.5) is 0 Å². The molecule has 1 aliphatic heterocycles. The molecule has 0 radical (unpaired) electrons. The van der Waals surface area contributed by atoms with Crippen LogP contribution in [0.3, 0.4) is 0 Å². The summed E-state index contributed by atoms with van der Waals surface area (Å²) in [6.07, 6.45) is -0.708. The molecule has 0 bridgehead atoms. The number of aliphatic hydroxyl groups excluding tert-OH is 2. The van der Waals surface area contributed by atoms with Crippen molar-refractivity contribution in [1.82, 2.24) is 0 Å². The minimum absolute atomic E-state index is 0.243. The molecule has 0 aromatic heterocycles. The van der Waals surface area contributed by atoms with Gasteiger partial charge in [0.1, 0.15) is 24.4 Å². The summed E-state index contributed by atoms with van der Waals surface area (Å²) in [6, 6.07) is 0. The minimum atomic E-state index is -0.976. The lowest BCUT2D eigenvalue weighted by Gasteiger charge is -2.42. The third-order valence-corrected chi connectivity index (χ3v) is 2.84. The largest absolute Gasteiger partial charge is 0.394 e. The number of aliphatic hydroxyl groups is 2. The first-order chi connectivity index (χ1) is 9.19. The van der Waals surface area contributed by atoms with E-state index in [9.17, 15) is 10.2 Å². The molecule has 1 aliphatic rings. The minimum Gasteiger partial charge on any atom is -0.394 e. The first-order valence-corrected chi connectivity index (χ1v) is 6.11. The van der Waals surface area contributed by atoms with Crippen molar-refractivity contribution in [1.29, 1.82) is 0 Å². The second-order valence-electron chi connectivity index (χ2n) is 4.13. The Kier molecular flexibility index (Phi) is 7.22. The SMILES string of the molecule is C=CCOC1C(O)[C@@H](OCC=C)C(OC)O[C@@H]1CO. The van der Waals surface area contributed by atoms with Gasteiger partial charge in [-0.2, -0.15) is 0 Å². The molecule has 0 amide bonds. The first-order valence-electron chi connectivity index (χ1n) is 6.11. The van der Waals surface area contributed by atoms with Crippen molar-refractivity contribution in [2.75, 3.05) is 26.9 Å². The van der Waals surface area contributed by atoms with Crippen LogP contribution < -0.4 is 0 Å². The lowest BCUT2D eigenvalue weighted by molar-refractivity contribution is -0.307. The maximum absolute atomic E-state index is 10.3. The lowest BCUT2D eigenvalue weighted by Crippen LogP contribution is -2.60. The highest BCUT2D eigenvalue weighted by Crippen LogP contribution is 2.26. The molecule has 1 saturated heterocycles. The zero-order valence-electron chi connectivity index (χ0n) is 11.1. The molecular weight excluding hydrogens is 252 g/mol. The summed E-state index contributed by atoms with van der Waals surface area (Å²) in [4.78, 5) is 0. The third-order valence-electron chi connectivity index (χ3n) is 2.84. The number of methoxy groups -OCH3 is 1. The van der Waals surface area contributed by atoms with E-state index < -0.39 is 30.7 Å². The standard InChI is InChI=1S/C13H22O6/c1-4-6-17-11-9(8-14)19-13(16-3)12(10(11)15)18-7-5-2/h4-5,9-15H,1-2,6-8H2,3H3/t9-,10?,11?,12-,13?/m1/s1. The van der Waals surface area contributed by atoms with Crippen LogP contribution in [0.15, 0.2) is 25.3 Å². The zero-order chi connectivity index (χ0) is 14.3. The van der Waals surface area contributed by atoms with E-state index in [2.05, 4.69) is 13.2 Å². The van der Waals surface area contributed by atoms with Crippen LogP contribution in [0.1, 0.15) is 0 Å². The average molecular weight is 274 g/mol. The normalized spacial score (nSPS) is 35.0. The Hall–Kier alpha value is -0.760. The second kappa shape index (κ2) is 8.42. The summed E-state index contributed by atoms with van der Waals surface area (Å²) in [6.45, 7) is 7.30. The van der Waals surface area contributed by atoms with E-state index in [0.717, 1.165) is 0 Å². The van der Waals surface area contributed by atoms with E-state index in [1.807, 2.05) is 0 Å². The molecule has 110 valence electrons. The molecule has 0 aromatic rings. The van der Waals surface area contributed by atoms with Crippen molar-refractivity contribution in [2.45, 2.75) is 30.7 Å². The molecular formula is C13H22O6. The van der Waals surface area contributed by atoms with Crippen LogP contribution in [0, 0.1) is 0 Å². The molecule has 1 fully saturated rings. The Morgan fingerprint density at radius 3 is 2.21 bits per heavy atom. The Balaban J connectivity index is 2.78. The van der Waals surface area contributed by atoms with Gasteiger partial charge in [0.2, 0.25) is 0 Å². The lowest BCUT2D eigenvalue weighted by atomic mass is 9.98. The van der Waals surface area contributed by atoms with Crippen LogP contribution in [0.2, 0.25) is 0 Å². The molecule has 19 heavy (non-hydrogen) atoms. The van der Waals surface area contributed by atoms with E-state index in [1.54, 1.807) is 12.2 Å². The fourth-order valence-corrected chi connectivity index (χ4v) is 1.97. The van der Waals surface area contributed by atoms with Gasteiger partial charge in [0.25, 0.3) is 0 Å². The predicted molar refractivity (Wildman–Crippen MR) is 68.6 cm³/mol. The number of hydrogen-bond acceptors (Lipinski definition) is 6. The molecule has 1 rings (SSSR count).